The van der Waals surface area contributed by atoms with Crippen molar-refractivity contribution in [3.63, 3.8) is 0 Å². The number of aryl methyl sites for hydroxylation is 2. The van der Waals surface area contributed by atoms with E-state index in [0.29, 0.717) is 5.13 Å². The highest BCUT2D eigenvalue weighted by atomic mass is 32.1. The lowest BCUT2D eigenvalue weighted by atomic mass is 9.90. The summed E-state index contributed by atoms with van der Waals surface area (Å²) >= 11 is 3.01. The molecule has 0 saturated carbocycles. The minimum Gasteiger partial charge on any atom is -0.296 e. The van der Waals surface area contributed by atoms with Gasteiger partial charge in [0.1, 0.15) is 5.01 Å². The van der Waals surface area contributed by atoms with Crippen molar-refractivity contribution in [1.82, 2.24) is 10.2 Å². The third-order valence-corrected chi connectivity index (χ3v) is 5.29. The number of hydrogen-bond donors (Lipinski definition) is 1. The first-order valence-corrected chi connectivity index (χ1v) is 7.98. The van der Waals surface area contributed by atoms with Crippen LogP contribution in [0.25, 0.3) is 0 Å². The minimum absolute atomic E-state index is 0.0665. The Morgan fingerprint density at radius 2 is 2.26 bits per heavy atom. The molecule has 3 rings (SSSR count). The molecular weight excluding hydrogens is 278 g/mol. The summed E-state index contributed by atoms with van der Waals surface area (Å²) in [4.78, 5) is 14.3. The molecule has 0 aromatic carbocycles. The number of aromatic nitrogens is 2. The summed E-state index contributed by atoms with van der Waals surface area (Å²) in [5.74, 6) is 0.659. The van der Waals surface area contributed by atoms with E-state index in [-0.39, 0.29) is 5.91 Å². The Balaban J connectivity index is 1.77. The molecule has 2 aromatic rings. The van der Waals surface area contributed by atoms with Crippen LogP contribution in [0.1, 0.15) is 38.5 Å². The average Bonchev–Trinajstić information content (AvgIpc) is 2.95. The summed E-state index contributed by atoms with van der Waals surface area (Å²) in [5.41, 5.74) is 1.35. The molecule has 0 saturated heterocycles. The third kappa shape index (κ3) is 2.69. The second-order valence-electron chi connectivity index (χ2n) is 4.99. The zero-order chi connectivity index (χ0) is 13.4. The van der Waals surface area contributed by atoms with Gasteiger partial charge in [0.2, 0.25) is 5.13 Å². The molecule has 2 aromatic heterocycles. The Bertz CT molecular complexity index is 617. The van der Waals surface area contributed by atoms with Gasteiger partial charge >= 0.3 is 0 Å². The smallest absolute Gasteiger partial charge is 0.267 e. The van der Waals surface area contributed by atoms with Crippen LogP contribution in [0, 0.1) is 12.8 Å². The number of amides is 1. The lowest BCUT2D eigenvalue weighted by molar-refractivity contribution is 0.103. The molecule has 0 fully saturated rings. The van der Waals surface area contributed by atoms with Crippen molar-refractivity contribution in [2.45, 2.75) is 33.1 Å². The van der Waals surface area contributed by atoms with Crippen LogP contribution < -0.4 is 5.32 Å². The van der Waals surface area contributed by atoms with Crippen LogP contribution in [-0.2, 0) is 12.8 Å². The van der Waals surface area contributed by atoms with E-state index in [0.717, 1.165) is 28.6 Å². The van der Waals surface area contributed by atoms with E-state index < -0.39 is 0 Å². The van der Waals surface area contributed by atoms with Gasteiger partial charge in [0.25, 0.3) is 5.91 Å². The van der Waals surface area contributed by atoms with Crippen molar-refractivity contribution in [3.05, 3.63) is 26.4 Å². The van der Waals surface area contributed by atoms with Crippen LogP contribution in [0.5, 0.6) is 0 Å². The molecule has 0 bridgehead atoms. The summed E-state index contributed by atoms with van der Waals surface area (Å²) in [6.45, 7) is 4.14. The number of carbonyl (C=O) groups excluding carboxylic acids is 1. The molecule has 1 N–H and O–H groups in total. The Morgan fingerprint density at radius 1 is 1.42 bits per heavy atom. The molecule has 2 heterocycles. The van der Waals surface area contributed by atoms with Crippen LogP contribution in [0.3, 0.4) is 0 Å². The van der Waals surface area contributed by atoms with Crippen molar-refractivity contribution < 1.29 is 4.79 Å². The van der Waals surface area contributed by atoms with Crippen molar-refractivity contribution in [2.75, 3.05) is 5.32 Å². The Morgan fingerprint density at radius 3 is 3.00 bits per heavy atom. The highest BCUT2D eigenvalue weighted by molar-refractivity contribution is 7.16. The summed E-state index contributed by atoms with van der Waals surface area (Å²) in [6, 6.07) is 2.04. The van der Waals surface area contributed by atoms with Gasteiger partial charge in [-0.25, -0.2) is 0 Å². The van der Waals surface area contributed by atoms with E-state index in [9.17, 15) is 4.79 Å². The largest absolute Gasteiger partial charge is 0.296 e. The van der Waals surface area contributed by atoms with E-state index in [1.807, 2.05) is 13.0 Å². The predicted molar refractivity (Wildman–Crippen MR) is 78.1 cm³/mol. The fraction of sp³-hybridized carbons (Fsp3) is 0.462. The number of hydrogen-bond acceptors (Lipinski definition) is 5. The zero-order valence-corrected chi connectivity index (χ0v) is 12.5. The molecule has 0 spiro atoms. The van der Waals surface area contributed by atoms with E-state index in [1.165, 1.54) is 28.2 Å². The number of nitrogens with one attached hydrogen (secondary N) is 1. The Kier molecular flexibility index (Phi) is 3.36. The third-order valence-electron chi connectivity index (χ3n) is 3.30. The molecule has 1 aliphatic carbocycles. The maximum atomic E-state index is 12.2. The van der Waals surface area contributed by atoms with E-state index in [2.05, 4.69) is 22.4 Å². The minimum atomic E-state index is -0.0665. The van der Waals surface area contributed by atoms with Crippen molar-refractivity contribution in [2.24, 2.45) is 5.92 Å². The molecule has 1 unspecified atom stereocenters. The lowest BCUT2D eigenvalue weighted by Gasteiger charge is -2.16. The van der Waals surface area contributed by atoms with Gasteiger partial charge in [-0.05, 0) is 43.7 Å². The number of rotatable bonds is 2. The molecule has 19 heavy (non-hydrogen) atoms. The fourth-order valence-corrected chi connectivity index (χ4v) is 4.01. The first-order chi connectivity index (χ1) is 9.11. The van der Waals surface area contributed by atoms with Crippen LogP contribution in [0.4, 0.5) is 5.13 Å². The van der Waals surface area contributed by atoms with Gasteiger partial charge in [-0.1, -0.05) is 18.3 Å². The standard InChI is InChI=1S/C13H15N3OS2/c1-7-3-4-10-9(5-7)6-11(19-10)12(17)14-13-16-15-8(2)18-13/h6-7H,3-5H2,1-2H3,(H,14,16,17). The normalized spacial score (nSPS) is 18.1. The van der Waals surface area contributed by atoms with Gasteiger partial charge in [-0.15, -0.1) is 21.5 Å². The van der Waals surface area contributed by atoms with E-state index in [4.69, 9.17) is 0 Å². The molecule has 100 valence electrons. The quantitative estimate of drug-likeness (QED) is 0.924. The number of nitrogens with zero attached hydrogens (tertiary/aromatic N) is 2. The van der Waals surface area contributed by atoms with Gasteiger partial charge in [-0.2, -0.15) is 0 Å². The second kappa shape index (κ2) is 5.02. The highest BCUT2D eigenvalue weighted by Gasteiger charge is 2.21. The van der Waals surface area contributed by atoms with Crippen LogP contribution in [0.15, 0.2) is 6.07 Å². The van der Waals surface area contributed by atoms with E-state index in [1.54, 1.807) is 11.3 Å². The molecular formula is C13H15N3OS2. The van der Waals surface area contributed by atoms with Crippen molar-refractivity contribution in [1.29, 1.82) is 0 Å². The Labute approximate surface area is 119 Å². The molecule has 1 amide bonds. The summed E-state index contributed by atoms with van der Waals surface area (Å²) in [5, 5.41) is 12.1. The Hall–Kier alpha value is -1.27. The topological polar surface area (TPSA) is 54.9 Å². The summed E-state index contributed by atoms with van der Waals surface area (Å²) in [7, 11) is 0. The van der Waals surface area contributed by atoms with Gasteiger partial charge in [0, 0.05) is 4.88 Å². The van der Waals surface area contributed by atoms with Crippen LogP contribution in [0.2, 0.25) is 0 Å². The van der Waals surface area contributed by atoms with Gasteiger partial charge in [0.15, 0.2) is 0 Å². The summed E-state index contributed by atoms with van der Waals surface area (Å²) in [6.07, 6.45) is 3.42. The van der Waals surface area contributed by atoms with Crippen molar-refractivity contribution >= 4 is 33.7 Å². The zero-order valence-electron chi connectivity index (χ0n) is 10.9. The molecule has 6 heteroatoms. The lowest BCUT2D eigenvalue weighted by Crippen LogP contribution is -2.10. The average molecular weight is 293 g/mol. The first kappa shape index (κ1) is 12.7. The number of fused-ring (bicyclic) bond motifs is 1. The fourth-order valence-electron chi connectivity index (χ4n) is 2.32. The van der Waals surface area contributed by atoms with E-state index >= 15 is 0 Å². The summed E-state index contributed by atoms with van der Waals surface area (Å²) < 4.78 is 0. The van der Waals surface area contributed by atoms with Crippen molar-refractivity contribution in [3.8, 4) is 0 Å². The molecule has 1 atom stereocenters. The predicted octanol–water partition coefficient (Wildman–Crippen LogP) is 3.29. The van der Waals surface area contributed by atoms with Crippen LogP contribution >= 0.6 is 22.7 Å². The van der Waals surface area contributed by atoms with Crippen LogP contribution in [-0.4, -0.2) is 16.1 Å². The maximum Gasteiger partial charge on any atom is 0.267 e. The highest BCUT2D eigenvalue weighted by Crippen LogP contribution is 2.32. The molecule has 1 aliphatic rings. The number of carbonyl (C=O) groups is 1. The molecule has 4 nitrogen and oxygen atoms in total. The maximum absolute atomic E-state index is 12.2. The monoisotopic (exact) mass is 293 g/mol. The second-order valence-corrected chi connectivity index (χ2v) is 7.31. The SMILES string of the molecule is Cc1nnc(NC(=O)c2cc3c(s2)CCC(C)C3)s1. The van der Waals surface area contributed by atoms with Gasteiger partial charge in [0.05, 0.1) is 4.88 Å². The molecule has 0 radical (unpaired) electrons. The number of thiophene rings is 1. The first-order valence-electron chi connectivity index (χ1n) is 6.35. The molecule has 0 aliphatic heterocycles. The number of anilines is 1. The van der Waals surface area contributed by atoms with Gasteiger partial charge in [-0.3, -0.25) is 10.1 Å². The van der Waals surface area contributed by atoms with Gasteiger partial charge < -0.3 is 0 Å².